The van der Waals surface area contributed by atoms with Gasteiger partial charge in [-0.3, -0.25) is 4.79 Å². The minimum absolute atomic E-state index is 0.0503. The number of thiophene rings is 1. The summed E-state index contributed by atoms with van der Waals surface area (Å²) in [5.41, 5.74) is 6.85. The Labute approximate surface area is 129 Å². The van der Waals surface area contributed by atoms with E-state index in [1.165, 1.54) is 29.7 Å². The Morgan fingerprint density at radius 2 is 2.24 bits per heavy atom. The van der Waals surface area contributed by atoms with Crippen molar-refractivity contribution in [3.8, 4) is 0 Å². The molecule has 0 radical (unpaired) electrons. The standard InChI is InChI=1S/C15H23N3O2S/c1-2-11(9-14(16)18-20)17-15(19)13-8-10-6-4-3-5-7-12(10)21-13/h8,11,20H,2-7,9H2,1H3,(H2,16,18)(H,17,19). The Morgan fingerprint density at radius 1 is 1.48 bits per heavy atom. The Bertz CT molecular complexity index is 501. The number of carbonyl (C=O) groups is 1. The molecule has 1 aromatic heterocycles. The summed E-state index contributed by atoms with van der Waals surface area (Å²) in [4.78, 5) is 14.5. The van der Waals surface area contributed by atoms with Crippen LogP contribution in [0.2, 0.25) is 0 Å². The van der Waals surface area contributed by atoms with Crippen molar-refractivity contribution >= 4 is 23.1 Å². The number of aryl methyl sites for hydroxylation is 2. The number of hydrogen-bond donors (Lipinski definition) is 3. The van der Waals surface area contributed by atoms with Crippen LogP contribution in [-0.2, 0) is 12.8 Å². The zero-order valence-corrected chi connectivity index (χ0v) is 13.2. The van der Waals surface area contributed by atoms with Gasteiger partial charge >= 0.3 is 0 Å². The summed E-state index contributed by atoms with van der Waals surface area (Å²) < 4.78 is 0. The number of rotatable bonds is 5. The highest BCUT2D eigenvalue weighted by atomic mass is 32.1. The van der Waals surface area contributed by atoms with Crippen LogP contribution in [0, 0.1) is 0 Å². The van der Waals surface area contributed by atoms with Gasteiger partial charge in [0.2, 0.25) is 0 Å². The molecule has 0 bridgehead atoms. The maximum absolute atomic E-state index is 12.3. The molecule has 0 spiro atoms. The van der Waals surface area contributed by atoms with Gasteiger partial charge in [0.25, 0.3) is 5.91 Å². The van der Waals surface area contributed by atoms with Crippen molar-refractivity contribution in [1.82, 2.24) is 5.32 Å². The lowest BCUT2D eigenvalue weighted by atomic mass is 10.1. The first-order chi connectivity index (χ1) is 10.1. The second-order valence-corrected chi connectivity index (χ2v) is 6.63. The van der Waals surface area contributed by atoms with Crippen molar-refractivity contribution in [3.05, 3.63) is 21.4 Å². The second kappa shape index (κ2) is 7.45. The molecule has 0 aromatic carbocycles. The number of nitrogens with one attached hydrogen (secondary N) is 1. The highest BCUT2D eigenvalue weighted by Crippen LogP contribution is 2.29. The molecule has 0 saturated carbocycles. The van der Waals surface area contributed by atoms with Crippen molar-refractivity contribution < 1.29 is 10.0 Å². The van der Waals surface area contributed by atoms with E-state index in [4.69, 9.17) is 10.9 Å². The summed E-state index contributed by atoms with van der Waals surface area (Å²) in [6, 6.07) is 1.94. The van der Waals surface area contributed by atoms with Crippen LogP contribution in [0.25, 0.3) is 0 Å². The molecule has 1 aliphatic rings. The van der Waals surface area contributed by atoms with Gasteiger partial charge in [0, 0.05) is 17.3 Å². The zero-order chi connectivity index (χ0) is 15.2. The minimum Gasteiger partial charge on any atom is -0.409 e. The predicted octanol–water partition coefficient (Wildman–Crippen LogP) is 2.66. The molecule has 1 amide bonds. The molecule has 1 aromatic rings. The lowest BCUT2D eigenvalue weighted by Crippen LogP contribution is -2.37. The van der Waals surface area contributed by atoms with Crippen LogP contribution in [0.1, 0.15) is 59.1 Å². The van der Waals surface area contributed by atoms with Crippen LogP contribution in [0.5, 0.6) is 0 Å². The zero-order valence-electron chi connectivity index (χ0n) is 12.4. The number of hydrogen-bond acceptors (Lipinski definition) is 4. The molecule has 1 unspecified atom stereocenters. The number of carbonyl (C=O) groups excluding carboxylic acids is 1. The van der Waals surface area contributed by atoms with Gasteiger partial charge in [-0.25, -0.2) is 0 Å². The van der Waals surface area contributed by atoms with Crippen molar-refractivity contribution in [2.24, 2.45) is 10.9 Å². The first kappa shape index (κ1) is 15.8. The van der Waals surface area contributed by atoms with Gasteiger partial charge in [0.15, 0.2) is 0 Å². The first-order valence-electron chi connectivity index (χ1n) is 7.52. The Hall–Kier alpha value is -1.56. The number of amides is 1. The largest absolute Gasteiger partial charge is 0.409 e. The number of amidine groups is 1. The topological polar surface area (TPSA) is 87.7 Å². The molecule has 4 N–H and O–H groups in total. The fraction of sp³-hybridized carbons (Fsp3) is 0.600. The highest BCUT2D eigenvalue weighted by molar-refractivity contribution is 7.14. The van der Waals surface area contributed by atoms with Gasteiger partial charge in [-0.1, -0.05) is 18.5 Å². The summed E-state index contributed by atoms with van der Waals surface area (Å²) in [5.74, 6) is 0.0924. The van der Waals surface area contributed by atoms with Crippen LogP contribution in [0.3, 0.4) is 0 Å². The van der Waals surface area contributed by atoms with Crippen molar-refractivity contribution in [1.29, 1.82) is 0 Å². The third-order valence-corrected chi connectivity index (χ3v) is 5.12. The third-order valence-electron chi connectivity index (χ3n) is 3.88. The first-order valence-corrected chi connectivity index (χ1v) is 8.34. The van der Waals surface area contributed by atoms with E-state index >= 15 is 0 Å². The number of oxime groups is 1. The van der Waals surface area contributed by atoms with E-state index in [0.717, 1.165) is 24.1 Å². The summed E-state index contributed by atoms with van der Waals surface area (Å²) in [5, 5.41) is 14.6. The van der Waals surface area contributed by atoms with Gasteiger partial charge in [0.1, 0.15) is 5.84 Å². The predicted molar refractivity (Wildman–Crippen MR) is 85.1 cm³/mol. The average Bonchev–Trinajstić information content (AvgIpc) is 2.77. The van der Waals surface area contributed by atoms with Gasteiger partial charge in [-0.05, 0) is 43.7 Å². The van der Waals surface area contributed by atoms with E-state index in [-0.39, 0.29) is 17.8 Å². The molecular weight excluding hydrogens is 286 g/mol. The molecule has 1 aliphatic carbocycles. The van der Waals surface area contributed by atoms with E-state index in [2.05, 4.69) is 10.5 Å². The van der Waals surface area contributed by atoms with Crippen LogP contribution in [-0.4, -0.2) is 23.0 Å². The van der Waals surface area contributed by atoms with Gasteiger partial charge in [-0.15, -0.1) is 11.3 Å². The Balaban J connectivity index is 2.02. The van der Waals surface area contributed by atoms with E-state index in [1.807, 2.05) is 13.0 Å². The highest BCUT2D eigenvalue weighted by Gasteiger charge is 2.19. The fourth-order valence-electron chi connectivity index (χ4n) is 2.63. The normalized spacial score (nSPS) is 16.9. The smallest absolute Gasteiger partial charge is 0.261 e. The van der Waals surface area contributed by atoms with E-state index in [0.29, 0.717) is 6.42 Å². The Kier molecular flexibility index (Phi) is 5.61. The summed E-state index contributed by atoms with van der Waals surface area (Å²) in [7, 11) is 0. The number of nitrogens with two attached hydrogens (primary N) is 1. The van der Waals surface area contributed by atoms with Crippen molar-refractivity contribution in [2.75, 3.05) is 0 Å². The molecule has 0 aliphatic heterocycles. The molecule has 116 valence electrons. The average molecular weight is 309 g/mol. The van der Waals surface area contributed by atoms with E-state index in [9.17, 15) is 4.79 Å². The van der Waals surface area contributed by atoms with Crippen LogP contribution in [0.4, 0.5) is 0 Å². The summed E-state index contributed by atoms with van der Waals surface area (Å²) in [6.07, 6.45) is 6.99. The van der Waals surface area contributed by atoms with Gasteiger partial charge in [0.05, 0.1) is 4.88 Å². The monoisotopic (exact) mass is 309 g/mol. The van der Waals surface area contributed by atoms with Gasteiger partial charge in [-0.2, -0.15) is 0 Å². The molecule has 1 heterocycles. The van der Waals surface area contributed by atoms with E-state index in [1.54, 1.807) is 11.3 Å². The number of fused-ring (bicyclic) bond motifs is 1. The van der Waals surface area contributed by atoms with Crippen LogP contribution >= 0.6 is 11.3 Å². The lowest BCUT2D eigenvalue weighted by Gasteiger charge is -2.15. The molecule has 0 fully saturated rings. The third kappa shape index (κ3) is 4.20. The molecule has 6 heteroatoms. The molecule has 2 rings (SSSR count). The molecule has 0 saturated heterocycles. The molecule has 5 nitrogen and oxygen atoms in total. The van der Waals surface area contributed by atoms with Crippen LogP contribution < -0.4 is 11.1 Å². The summed E-state index contributed by atoms with van der Waals surface area (Å²) >= 11 is 1.61. The second-order valence-electron chi connectivity index (χ2n) is 5.49. The molecule has 21 heavy (non-hydrogen) atoms. The van der Waals surface area contributed by atoms with E-state index < -0.39 is 0 Å². The quantitative estimate of drug-likeness (QED) is 0.257. The number of nitrogens with zero attached hydrogens (tertiary/aromatic N) is 1. The maximum Gasteiger partial charge on any atom is 0.261 e. The molecular formula is C15H23N3O2S. The fourth-order valence-corrected chi connectivity index (χ4v) is 3.78. The lowest BCUT2D eigenvalue weighted by molar-refractivity contribution is 0.0941. The SMILES string of the molecule is CCC(CC(N)=NO)NC(=O)c1cc2c(s1)CCCCC2. The van der Waals surface area contributed by atoms with Crippen molar-refractivity contribution in [3.63, 3.8) is 0 Å². The minimum atomic E-state index is -0.102. The Morgan fingerprint density at radius 3 is 2.95 bits per heavy atom. The van der Waals surface area contributed by atoms with Gasteiger partial charge < -0.3 is 16.3 Å². The van der Waals surface area contributed by atoms with Crippen molar-refractivity contribution in [2.45, 2.75) is 57.9 Å². The molecule has 1 atom stereocenters. The van der Waals surface area contributed by atoms with Crippen LogP contribution in [0.15, 0.2) is 11.2 Å². The maximum atomic E-state index is 12.3. The summed E-state index contributed by atoms with van der Waals surface area (Å²) in [6.45, 7) is 1.97.